The van der Waals surface area contributed by atoms with Crippen LogP contribution in [0.3, 0.4) is 0 Å². The fourth-order valence-electron chi connectivity index (χ4n) is 1.09. The van der Waals surface area contributed by atoms with Gasteiger partial charge in [-0.25, -0.2) is 0 Å². The molecule has 1 aromatic rings. The average molecular weight is 154 g/mol. The number of rotatable bonds is 2. The van der Waals surface area contributed by atoms with Crippen LogP contribution in [0, 0.1) is 0 Å². The molecular weight excluding hydrogens is 143 g/mol. The van der Waals surface area contributed by atoms with Crippen LogP contribution in [0.2, 0.25) is 0 Å². The zero-order chi connectivity index (χ0) is 8.97. The van der Waals surface area contributed by atoms with Crippen LogP contribution in [0.1, 0.15) is 18.1 Å². The molecule has 2 radical (unpaired) electrons. The lowest BCUT2D eigenvalue weighted by Gasteiger charge is -2.05. The van der Waals surface area contributed by atoms with Gasteiger partial charge in [0.1, 0.15) is 7.85 Å². The second kappa shape index (κ2) is 3.96. The fourth-order valence-corrected chi connectivity index (χ4v) is 1.09. The van der Waals surface area contributed by atoms with E-state index in [2.05, 4.69) is 6.58 Å². The molecule has 0 unspecified atom stereocenters. The molecule has 0 aromatic heterocycles. The number of hydrogen-bond acceptors (Lipinski definition) is 0. The van der Waals surface area contributed by atoms with Crippen molar-refractivity contribution in [2.45, 2.75) is 6.92 Å². The Morgan fingerprint density at radius 1 is 1.42 bits per heavy atom. The van der Waals surface area contributed by atoms with E-state index in [1.165, 1.54) is 0 Å². The third-order valence-electron chi connectivity index (χ3n) is 1.80. The Morgan fingerprint density at radius 2 is 2.08 bits per heavy atom. The van der Waals surface area contributed by atoms with Crippen molar-refractivity contribution in [2.24, 2.45) is 0 Å². The molecule has 0 amide bonds. The summed E-state index contributed by atoms with van der Waals surface area (Å²) in [7, 11) is 5.78. The van der Waals surface area contributed by atoms with Crippen LogP contribution in [0.4, 0.5) is 0 Å². The number of allylic oxidation sites excluding steroid dienone is 1. The molecule has 0 N–H and O–H groups in total. The summed E-state index contributed by atoms with van der Waals surface area (Å²) in [5.74, 6) is 0. The summed E-state index contributed by atoms with van der Waals surface area (Å²) in [5, 5.41) is 0. The molecule has 0 spiro atoms. The van der Waals surface area contributed by atoms with Gasteiger partial charge in [-0.05, 0) is 18.1 Å². The van der Waals surface area contributed by atoms with Gasteiger partial charge in [-0.2, -0.15) is 0 Å². The van der Waals surface area contributed by atoms with Gasteiger partial charge in [0.05, 0.1) is 0 Å². The quantitative estimate of drug-likeness (QED) is 0.574. The predicted molar refractivity (Wildman–Crippen MR) is 55.9 cm³/mol. The first-order valence-electron chi connectivity index (χ1n) is 3.93. The van der Waals surface area contributed by atoms with Crippen LogP contribution in [-0.4, -0.2) is 7.85 Å². The molecule has 0 aliphatic rings. The van der Waals surface area contributed by atoms with Gasteiger partial charge in [0.2, 0.25) is 0 Å². The smallest absolute Gasteiger partial charge is 0.0984 e. The van der Waals surface area contributed by atoms with Crippen molar-refractivity contribution < 1.29 is 0 Å². The third kappa shape index (κ3) is 1.67. The van der Waals surface area contributed by atoms with Crippen molar-refractivity contribution in [1.82, 2.24) is 0 Å². The van der Waals surface area contributed by atoms with Crippen LogP contribution in [0.25, 0.3) is 11.5 Å². The van der Waals surface area contributed by atoms with E-state index in [1.54, 1.807) is 0 Å². The molecule has 0 fully saturated rings. The first kappa shape index (κ1) is 8.86. The van der Waals surface area contributed by atoms with Crippen molar-refractivity contribution >= 4 is 19.4 Å². The van der Waals surface area contributed by atoms with Crippen LogP contribution in [0.15, 0.2) is 36.9 Å². The molecule has 0 saturated carbocycles. The van der Waals surface area contributed by atoms with E-state index >= 15 is 0 Å². The Bertz CT molecular complexity index is 311. The van der Waals surface area contributed by atoms with Gasteiger partial charge in [0.15, 0.2) is 0 Å². The standard InChI is InChI=1S/C11H11B/c1-3-9-7-5-6-8-10(9)11(12)4-2/h3-8H,1H2,2H3/b11-4+. The maximum absolute atomic E-state index is 5.78. The molecule has 1 aromatic carbocycles. The van der Waals surface area contributed by atoms with E-state index in [9.17, 15) is 0 Å². The normalized spacial score (nSPS) is 11.2. The summed E-state index contributed by atoms with van der Waals surface area (Å²) < 4.78 is 0. The summed E-state index contributed by atoms with van der Waals surface area (Å²) in [5.41, 5.74) is 2.92. The minimum atomic E-state index is 0.797. The van der Waals surface area contributed by atoms with Gasteiger partial charge < -0.3 is 0 Å². The fraction of sp³-hybridized carbons (Fsp3) is 0.0909. The highest BCUT2D eigenvalue weighted by molar-refractivity contribution is 6.42. The molecule has 12 heavy (non-hydrogen) atoms. The Hall–Kier alpha value is -1.24. The lowest BCUT2D eigenvalue weighted by Crippen LogP contribution is -1.86. The summed E-state index contributed by atoms with van der Waals surface area (Å²) in [6.45, 7) is 5.65. The third-order valence-corrected chi connectivity index (χ3v) is 1.80. The van der Waals surface area contributed by atoms with E-state index in [1.807, 2.05) is 43.3 Å². The van der Waals surface area contributed by atoms with Crippen LogP contribution >= 0.6 is 0 Å². The van der Waals surface area contributed by atoms with E-state index in [0.29, 0.717) is 0 Å². The highest BCUT2D eigenvalue weighted by Crippen LogP contribution is 2.16. The molecule has 0 aliphatic heterocycles. The molecule has 0 bridgehead atoms. The van der Waals surface area contributed by atoms with Crippen molar-refractivity contribution in [3.63, 3.8) is 0 Å². The van der Waals surface area contributed by atoms with E-state index in [4.69, 9.17) is 7.85 Å². The lowest BCUT2D eigenvalue weighted by atomic mass is 9.85. The highest BCUT2D eigenvalue weighted by atomic mass is 14.0. The topological polar surface area (TPSA) is 0 Å². The van der Waals surface area contributed by atoms with E-state index in [-0.39, 0.29) is 0 Å². The van der Waals surface area contributed by atoms with Gasteiger partial charge in [-0.3, -0.25) is 0 Å². The first-order chi connectivity index (χ1) is 5.79. The second-order valence-corrected chi connectivity index (χ2v) is 2.54. The molecule has 0 aliphatic carbocycles. The molecule has 0 saturated heterocycles. The number of hydrogen-bond donors (Lipinski definition) is 0. The minimum absolute atomic E-state index is 0.797. The summed E-state index contributed by atoms with van der Waals surface area (Å²) in [4.78, 5) is 0. The van der Waals surface area contributed by atoms with Gasteiger partial charge in [-0.15, -0.1) is 0 Å². The van der Waals surface area contributed by atoms with Crippen LogP contribution < -0.4 is 0 Å². The van der Waals surface area contributed by atoms with Crippen molar-refractivity contribution in [3.8, 4) is 0 Å². The SMILES string of the molecule is [B]/C(=C/C)c1ccccc1C=C. The number of benzene rings is 1. The second-order valence-electron chi connectivity index (χ2n) is 2.54. The van der Waals surface area contributed by atoms with E-state index in [0.717, 1.165) is 16.6 Å². The van der Waals surface area contributed by atoms with Gasteiger partial charge in [-0.1, -0.05) is 48.5 Å². The van der Waals surface area contributed by atoms with Crippen LogP contribution in [-0.2, 0) is 0 Å². The zero-order valence-electron chi connectivity index (χ0n) is 7.25. The Balaban J connectivity index is 3.22. The molecule has 0 heterocycles. The highest BCUT2D eigenvalue weighted by Gasteiger charge is 1.97. The first-order valence-corrected chi connectivity index (χ1v) is 3.93. The summed E-state index contributed by atoms with van der Waals surface area (Å²) >= 11 is 0. The molecule has 0 nitrogen and oxygen atoms in total. The average Bonchev–Trinajstić information content (AvgIpc) is 2.16. The van der Waals surface area contributed by atoms with Gasteiger partial charge >= 0.3 is 0 Å². The molecule has 1 heteroatoms. The molecule has 1 rings (SSSR count). The van der Waals surface area contributed by atoms with Crippen molar-refractivity contribution in [2.75, 3.05) is 0 Å². The maximum Gasteiger partial charge on any atom is 0.114 e. The largest absolute Gasteiger partial charge is 0.114 e. The lowest BCUT2D eigenvalue weighted by molar-refractivity contribution is 1.59. The Kier molecular flexibility index (Phi) is 2.92. The Labute approximate surface area is 75.0 Å². The monoisotopic (exact) mass is 154 g/mol. The molecule has 58 valence electrons. The van der Waals surface area contributed by atoms with Gasteiger partial charge in [0, 0.05) is 0 Å². The molecular formula is C11H11B. The maximum atomic E-state index is 5.78. The Morgan fingerprint density at radius 3 is 2.67 bits per heavy atom. The van der Waals surface area contributed by atoms with Gasteiger partial charge in [0.25, 0.3) is 0 Å². The predicted octanol–water partition coefficient (Wildman–Crippen LogP) is 2.86. The van der Waals surface area contributed by atoms with E-state index < -0.39 is 0 Å². The van der Waals surface area contributed by atoms with Crippen molar-refractivity contribution in [1.29, 1.82) is 0 Å². The summed E-state index contributed by atoms with van der Waals surface area (Å²) in [6.07, 6.45) is 3.70. The van der Waals surface area contributed by atoms with Crippen molar-refractivity contribution in [3.05, 3.63) is 48.0 Å². The molecule has 0 atom stereocenters. The summed E-state index contributed by atoms with van der Waals surface area (Å²) in [6, 6.07) is 7.94. The van der Waals surface area contributed by atoms with Crippen LogP contribution in [0.5, 0.6) is 0 Å². The minimum Gasteiger partial charge on any atom is -0.0984 e. The zero-order valence-corrected chi connectivity index (χ0v) is 7.25.